The molecular formula is C7H15BrO2. The van der Waals surface area contributed by atoms with Crippen LogP contribution in [0.15, 0.2) is 0 Å². The van der Waals surface area contributed by atoms with E-state index in [9.17, 15) is 0 Å². The molecule has 0 heterocycles. The van der Waals surface area contributed by atoms with Crippen LogP contribution in [0.1, 0.15) is 26.2 Å². The van der Waals surface area contributed by atoms with Crippen LogP contribution < -0.4 is 0 Å². The van der Waals surface area contributed by atoms with Gasteiger partial charge in [0.25, 0.3) is 0 Å². The van der Waals surface area contributed by atoms with Gasteiger partial charge in [-0.2, -0.15) is 0 Å². The Kier molecular flexibility index (Phi) is 6.38. The van der Waals surface area contributed by atoms with Crippen LogP contribution >= 0.6 is 15.9 Å². The monoisotopic (exact) mass is 210 g/mol. The molecule has 0 aliphatic heterocycles. The van der Waals surface area contributed by atoms with Crippen molar-refractivity contribution in [3.05, 3.63) is 0 Å². The van der Waals surface area contributed by atoms with E-state index in [1.807, 2.05) is 0 Å². The second-order valence-electron chi connectivity index (χ2n) is 2.43. The van der Waals surface area contributed by atoms with Gasteiger partial charge in [-0.25, -0.2) is 0 Å². The lowest BCUT2D eigenvalue weighted by molar-refractivity contribution is 0.0285. The smallest absolute Gasteiger partial charge is 0.0895 e. The summed E-state index contributed by atoms with van der Waals surface area (Å²) in [6, 6.07) is 0. The molecule has 3 heteroatoms. The van der Waals surface area contributed by atoms with Gasteiger partial charge in [0, 0.05) is 5.33 Å². The molecule has 0 amide bonds. The Balaban J connectivity index is 3.31. The number of halogens is 1. The summed E-state index contributed by atoms with van der Waals surface area (Å²) in [5.41, 5.74) is 0. The molecule has 10 heavy (non-hydrogen) atoms. The van der Waals surface area contributed by atoms with Gasteiger partial charge < -0.3 is 10.2 Å². The maximum atomic E-state index is 9.17. The molecule has 0 aliphatic rings. The van der Waals surface area contributed by atoms with Crippen LogP contribution in [0.3, 0.4) is 0 Å². The molecule has 2 nitrogen and oxygen atoms in total. The van der Waals surface area contributed by atoms with E-state index >= 15 is 0 Å². The SMILES string of the molecule is CCCCC(O)C(O)CBr. The van der Waals surface area contributed by atoms with Crippen molar-refractivity contribution in [2.45, 2.75) is 38.4 Å². The molecule has 0 aromatic carbocycles. The van der Waals surface area contributed by atoms with Gasteiger partial charge in [-0.15, -0.1) is 0 Å². The highest BCUT2D eigenvalue weighted by Crippen LogP contribution is 2.06. The van der Waals surface area contributed by atoms with Gasteiger partial charge >= 0.3 is 0 Å². The number of unbranched alkanes of at least 4 members (excludes halogenated alkanes) is 1. The number of alkyl halides is 1. The van der Waals surface area contributed by atoms with E-state index in [0.717, 1.165) is 12.8 Å². The van der Waals surface area contributed by atoms with E-state index in [1.54, 1.807) is 0 Å². The van der Waals surface area contributed by atoms with Gasteiger partial charge in [-0.1, -0.05) is 35.7 Å². The molecule has 0 saturated carbocycles. The van der Waals surface area contributed by atoms with Gasteiger partial charge in [0.15, 0.2) is 0 Å². The molecule has 0 aliphatic carbocycles. The van der Waals surface area contributed by atoms with E-state index < -0.39 is 12.2 Å². The first-order valence-electron chi connectivity index (χ1n) is 3.64. The fourth-order valence-corrected chi connectivity index (χ4v) is 1.14. The van der Waals surface area contributed by atoms with Crippen molar-refractivity contribution in [1.82, 2.24) is 0 Å². The fraction of sp³-hybridized carbons (Fsp3) is 1.00. The highest BCUT2D eigenvalue weighted by atomic mass is 79.9. The molecule has 0 rings (SSSR count). The number of rotatable bonds is 5. The van der Waals surface area contributed by atoms with E-state index in [0.29, 0.717) is 11.8 Å². The van der Waals surface area contributed by atoms with Crippen LogP contribution in [0.2, 0.25) is 0 Å². The van der Waals surface area contributed by atoms with Crippen LogP contribution in [0.5, 0.6) is 0 Å². The van der Waals surface area contributed by atoms with E-state index in [4.69, 9.17) is 10.2 Å². The first kappa shape index (κ1) is 10.4. The summed E-state index contributed by atoms with van der Waals surface area (Å²) in [5.74, 6) is 0. The molecular weight excluding hydrogens is 196 g/mol. The largest absolute Gasteiger partial charge is 0.390 e. The zero-order valence-electron chi connectivity index (χ0n) is 6.26. The Morgan fingerprint density at radius 1 is 1.30 bits per heavy atom. The molecule has 2 N–H and O–H groups in total. The summed E-state index contributed by atoms with van der Waals surface area (Å²) in [6.07, 6.45) is 1.58. The zero-order chi connectivity index (χ0) is 7.98. The molecule has 0 fully saturated rings. The van der Waals surface area contributed by atoms with Crippen molar-refractivity contribution in [1.29, 1.82) is 0 Å². The Morgan fingerprint density at radius 2 is 1.90 bits per heavy atom. The molecule has 2 unspecified atom stereocenters. The molecule has 0 radical (unpaired) electrons. The van der Waals surface area contributed by atoms with Gasteiger partial charge in [-0.3, -0.25) is 0 Å². The molecule has 0 bridgehead atoms. The third-order valence-corrected chi connectivity index (χ3v) is 2.12. The number of aliphatic hydroxyl groups excluding tert-OH is 2. The van der Waals surface area contributed by atoms with Crippen molar-refractivity contribution >= 4 is 15.9 Å². The molecule has 0 saturated heterocycles. The predicted molar refractivity (Wildman–Crippen MR) is 45.3 cm³/mol. The summed E-state index contributed by atoms with van der Waals surface area (Å²) >= 11 is 3.10. The lowest BCUT2D eigenvalue weighted by Crippen LogP contribution is -2.26. The van der Waals surface area contributed by atoms with E-state index in [2.05, 4.69) is 22.9 Å². The summed E-state index contributed by atoms with van der Waals surface area (Å²) in [7, 11) is 0. The van der Waals surface area contributed by atoms with Gasteiger partial charge in [0.2, 0.25) is 0 Å². The van der Waals surface area contributed by atoms with Crippen LogP contribution in [0, 0.1) is 0 Å². The Labute approximate surface area is 70.4 Å². The number of aliphatic hydroxyl groups is 2. The third kappa shape index (κ3) is 4.25. The quantitative estimate of drug-likeness (QED) is 0.672. The maximum absolute atomic E-state index is 9.17. The third-order valence-electron chi connectivity index (χ3n) is 1.46. The van der Waals surface area contributed by atoms with Crippen LogP contribution in [0.25, 0.3) is 0 Å². The Bertz CT molecular complexity index is 78.0. The number of hydrogen-bond donors (Lipinski definition) is 2. The first-order chi connectivity index (χ1) is 4.72. The minimum absolute atomic E-state index is 0.456. The van der Waals surface area contributed by atoms with Crippen molar-refractivity contribution in [2.24, 2.45) is 0 Å². The second-order valence-corrected chi connectivity index (χ2v) is 3.08. The standard InChI is InChI=1S/C7H15BrO2/c1-2-3-4-6(9)7(10)5-8/h6-7,9-10H,2-5H2,1H3. The normalized spacial score (nSPS) is 16.8. The fourth-order valence-electron chi connectivity index (χ4n) is 0.708. The average molecular weight is 211 g/mol. The van der Waals surface area contributed by atoms with E-state index in [-0.39, 0.29) is 0 Å². The summed E-state index contributed by atoms with van der Waals surface area (Å²) in [5, 5.41) is 18.7. The van der Waals surface area contributed by atoms with Crippen molar-refractivity contribution in [2.75, 3.05) is 5.33 Å². The van der Waals surface area contributed by atoms with Gasteiger partial charge in [0.1, 0.15) is 0 Å². The summed E-state index contributed by atoms with van der Waals surface area (Å²) in [6.45, 7) is 2.06. The molecule has 0 aromatic heterocycles. The predicted octanol–water partition coefficient (Wildman–Crippen LogP) is 1.29. The van der Waals surface area contributed by atoms with Crippen LogP contribution in [-0.4, -0.2) is 27.8 Å². The lowest BCUT2D eigenvalue weighted by atomic mass is 10.1. The second kappa shape index (κ2) is 6.13. The summed E-state index contributed by atoms with van der Waals surface area (Å²) < 4.78 is 0. The molecule has 62 valence electrons. The summed E-state index contributed by atoms with van der Waals surface area (Å²) in [4.78, 5) is 0. The topological polar surface area (TPSA) is 40.5 Å². The molecule has 0 spiro atoms. The molecule has 0 aromatic rings. The van der Waals surface area contributed by atoms with Crippen LogP contribution in [0.4, 0.5) is 0 Å². The minimum atomic E-state index is -0.605. The zero-order valence-corrected chi connectivity index (χ0v) is 7.84. The highest BCUT2D eigenvalue weighted by Gasteiger charge is 2.12. The van der Waals surface area contributed by atoms with Crippen molar-refractivity contribution < 1.29 is 10.2 Å². The Hall–Kier alpha value is 0.400. The van der Waals surface area contributed by atoms with Crippen molar-refractivity contribution in [3.63, 3.8) is 0 Å². The highest BCUT2D eigenvalue weighted by molar-refractivity contribution is 9.09. The minimum Gasteiger partial charge on any atom is -0.390 e. The van der Waals surface area contributed by atoms with Crippen molar-refractivity contribution in [3.8, 4) is 0 Å². The Morgan fingerprint density at radius 3 is 2.30 bits per heavy atom. The lowest BCUT2D eigenvalue weighted by Gasteiger charge is -2.14. The van der Waals surface area contributed by atoms with E-state index in [1.165, 1.54) is 0 Å². The molecule has 2 atom stereocenters. The van der Waals surface area contributed by atoms with Crippen LogP contribution in [-0.2, 0) is 0 Å². The average Bonchev–Trinajstić information content (AvgIpc) is 1.98. The van der Waals surface area contributed by atoms with Gasteiger partial charge in [-0.05, 0) is 6.42 Å². The maximum Gasteiger partial charge on any atom is 0.0895 e. The first-order valence-corrected chi connectivity index (χ1v) is 4.76. The van der Waals surface area contributed by atoms with Gasteiger partial charge in [0.05, 0.1) is 12.2 Å². The number of hydrogen-bond acceptors (Lipinski definition) is 2.